The fourth-order valence-electron chi connectivity index (χ4n) is 2.64. The van der Waals surface area contributed by atoms with Gasteiger partial charge >= 0.3 is 6.03 Å². The van der Waals surface area contributed by atoms with E-state index in [0.717, 1.165) is 18.5 Å². The Kier molecular flexibility index (Phi) is 11.2. The largest absolute Gasteiger partial charge is 0.394 e. The molecule has 0 heterocycles. The predicted octanol–water partition coefficient (Wildman–Crippen LogP) is 1.33. The van der Waals surface area contributed by atoms with Crippen molar-refractivity contribution in [3.8, 4) is 0 Å². The number of carbonyl (C=O) groups excluding carboxylic acids is 2. The molecule has 3 amide bonds. The first-order valence-electron chi connectivity index (χ1n) is 9.93. The van der Waals surface area contributed by atoms with Gasteiger partial charge in [0.25, 0.3) is 0 Å². The van der Waals surface area contributed by atoms with Crippen molar-refractivity contribution in [3.05, 3.63) is 35.9 Å². The fourth-order valence-corrected chi connectivity index (χ4v) is 2.64. The average Bonchev–Trinajstić information content (AvgIpc) is 2.64. The summed E-state index contributed by atoms with van der Waals surface area (Å²) in [6.07, 6.45) is 1.34. The fraction of sp³-hybridized carbons (Fsp3) is 0.619. The molecule has 0 bridgehead atoms. The van der Waals surface area contributed by atoms with Crippen molar-refractivity contribution >= 4 is 11.9 Å². The molecule has 0 aromatic heterocycles. The molecule has 1 rings (SSSR count). The van der Waals surface area contributed by atoms with Crippen LogP contribution in [0.15, 0.2) is 30.3 Å². The highest BCUT2D eigenvalue weighted by molar-refractivity contribution is 5.84. The molecule has 1 atom stereocenters. The quantitative estimate of drug-likeness (QED) is 0.501. The Morgan fingerprint density at radius 3 is 2.36 bits per heavy atom. The van der Waals surface area contributed by atoms with Gasteiger partial charge in [0.15, 0.2) is 0 Å². The number of aliphatic hydroxyl groups excluding tert-OH is 1. The molecule has 0 fully saturated rings. The number of carbonyl (C=O) groups is 2. The zero-order chi connectivity index (χ0) is 20.9. The van der Waals surface area contributed by atoms with Crippen molar-refractivity contribution in [3.63, 3.8) is 0 Å². The molecule has 0 spiro atoms. The summed E-state index contributed by atoms with van der Waals surface area (Å²) < 4.78 is 0. The lowest BCUT2D eigenvalue weighted by Crippen LogP contribution is -2.50. The molecule has 0 radical (unpaired) electrons. The summed E-state index contributed by atoms with van der Waals surface area (Å²) in [6.45, 7) is 5.79. The van der Waals surface area contributed by atoms with Crippen LogP contribution in [0, 0.1) is 5.92 Å². The predicted molar refractivity (Wildman–Crippen MR) is 112 cm³/mol. The van der Waals surface area contributed by atoms with Crippen LogP contribution in [0.2, 0.25) is 0 Å². The van der Waals surface area contributed by atoms with E-state index < -0.39 is 6.04 Å². The van der Waals surface area contributed by atoms with Gasteiger partial charge in [-0.25, -0.2) is 4.79 Å². The van der Waals surface area contributed by atoms with Crippen LogP contribution in [-0.4, -0.2) is 79.8 Å². The number of nitrogens with one attached hydrogen (secondary N) is 2. The van der Waals surface area contributed by atoms with Crippen LogP contribution in [-0.2, 0) is 11.2 Å². The second-order valence-corrected chi connectivity index (χ2v) is 7.78. The van der Waals surface area contributed by atoms with E-state index in [-0.39, 0.29) is 25.1 Å². The molecule has 1 aromatic carbocycles. The maximum Gasteiger partial charge on any atom is 0.318 e. The second-order valence-electron chi connectivity index (χ2n) is 7.78. The van der Waals surface area contributed by atoms with Crippen molar-refractivity contribution in [2.75, 3.05) is 46.9 Å². The van der Waals surface area contributed by atoms with E-state index >= 15 is 0 Å². The number of urea groups is 1. The third kappa shape index (κ3) is 10.3. The molecule has 0 saturated carbocycles. The summed E-state index contributed by atoms with van der Waals surface area (Å²) >= 11 is 0. The van der Waals surface area contributed by atoms with Gasteiger partial charge in [-0.1, -0.05) is 44.2 Å². The molecule has 1 aromatic rings. The van der Waals surface area contributed by atoms with Gasteiger partial charge in [0.05, 0.1) is 12.6 Å². The highest BCUT2D eigenvalue weighted by atomic mass is 16.3. The Morgan fingerprint density at radius 1 is 1.11 bits per heavy atom. The van der Waals surface area contributed by atoms with Gasteiger partial charge in [-0.3, -0.25) is 4.79 Å². The molecule has 3 N–H and O–H groups in total. The number of benzene rings is 1. The van der Waals surface area contributed by atoms with Crippen molar-refractivity contribution < 1.29 is 14.7 Å². The van der Waals surface area contributed by atoms with Crippen LogP contribution in [0.25, 0.3) is 0 Å². The number of rotatable bonds is 12. The molecule has 158 valence electrons. The van der Waals surface area contributed by atoms with Crippen LogP contribution >= 0.6 is 0 Å². The summed E-state index contributed by atoms with van der Waals surface area (Å²) in [5, 5.41) is 15.4. The summed E-state index contributed by atoms with van der Waals surface area (Å²) in [6, 6.07) is 9.00. The second kappa shape index (κ2) is 13.1. The summed E-state index contributed by atoms with van der Waals surface area (Å²) in [5.41, 5.74) is 1.04. The minimum atomic E-state index is -0.395. The maximum atomic E-state index is 12.7. The van der Waals surface area contributed by atoms with E-state index in [1.165, 1.54) is 4.90 Å². The Morgan fingerprint density at radius 2 is 1.79 bits per heavy atom. The number of hydrogen-bond donors (Lipinski definition) is 3. The molecule has 0 aliphatic rings. The van der Waals surface area contributed by atoms with Crippen LogP contribution in [0.4, 0.5) is 4.79 Å². The smallest absolute Gasteiger partial charge is 0.318 e. The third-order valence-corrected chi connectivity index (χ3v) is 4.35. The van der Waals surface area contributed by atoms with E-state index in [2.05, 4.69) is 24.5 Å². The number of amides is 3. The Hall–Kier alpha value is -2.12. The molecule has 7 nitrogen and oxygen atoms in total. The first-order chi connectivity index (χ1) is 13.3. The minimum absolute atomic E-state index is 0.00939. The molecule has 0 aliphatic carbocycles. The van der Waals surface area contributed by atoms with Crippen molar-refractivity contribution in [2.45, 2.75) is 32.7 Å². The van der Waals surface area contributed by atoms with Gasteiger partial charge in [-0.2, -0.15) is 0 Å². The summed E-state index contributed by atoms with van der Waals surface area (Å²) in [5.74, 6) is 0.245. The van der Waals surface area contributed by atoms with Crippen LogP contribution in [0.1, 0.15) is 25.8 Å². The minimum Gasteiger partial charge on any atom is -0.394 e. The van der Waals surface area contributed by atoms with Crippen LogP contribution < -0.4 is 10.6 Å². The van der Waals surface area contributed by atoms with Gasteiger partial charge in [0.1, 0.15) is 6.54 Å². The van der Waals surface area contributed by atoms with Crippen LogP contribution in [0.5, 0.6) is 0 Å². The first kappa shape index (κ1) is 23.9. The lowest BCUT2D eigenvalue weighted by Gasteiger charge is -2.26. The number of likely N-dealkylation sites (N-methyl/N-ethyl adjacent to an activating group) is 1. The highest BCUT2D eigenvalue weighted by Gasteiger charge is 2.20. The van der Waals surface area contributed by atoms with Gasteiger partial charge in [-0.05, 0) is 38.4 Å². The molecule has 7 heteroatoms. The van der Waals surface area contributed by atoms with Gasteiger partial charge in [-0.15, -0.1) is 0 Å². The first-order valence-corrected chi connectivity index (χ1v) is 9.93. The maximum absolute atomic E-state index is 12.7. The number of aliphatic hydroxyl groups is 1. The summed E-state index contributed by atoms with van der Waals surface area (Å²) in [7, 11) is 3.88. The zero-order valence-corrected chi connectivity index (χ0v) is 17.6. The standard InChI is InChI=1S/C21H36N4O3/c1-17(2)10-12-25(15-20(27)22-11-13-24(3)4)21(28)23-19(16-26)14-18-8-6-5-7-9-18/h5-9,17,19,26H,10-16H2,1-4H3,(H,22,27)(H,23,28). The molecule has 28 heavy (non-hydrogen) atoms. The van der Waals surface area contributed by atoms with Crippen LogP contribution in [0.3, 0.4) is 0 Å². The molecule has 0 aliphatic heterocycles. The SMILES string of the molecule is CC(C)CCN(CC(=O)NCCN(C)C)C(=O)NC(CO)Cc1ccccc1. The van der Waals surface area contributed by atoms with Crippen molar-refractivity contribution in [2.24, 2.45) is 5.92 Å². The molecular weight excluding hydrogens is 356 g/mol. The lowest BCUT2D eigenvalue weighted by molar-refractivity contribution is -0.121. The molecular formula is C21H36N4O3. The van der Waals surface area contributed by atoms with Gasteiger partial charge in [0, 0.05) is 19.6 Å². The van der Waals surface area contributed by atoms with Gasteiger partial charge < -0.3 is 25.5 Å². The summed E-state index contributed by atoms with van der Waals surface area (Å²) in [4.78, 5) is 28.5. The van der Waals surface area contributed by atoms with E-state index in [4.69, 9.17) is 0 Å². The van der Waals surface area contributed by atoms with Gasteiger partial charge in [0.2, 0.25) is 5.91 Å². The third-order valence-electron chi connectivity index (χ3n) is 4.35. The average molecular weight is 393 g/mol. The highest BCUT2D eigenvalue weighted by Crippen LogP contribution is 2.06. The molecule has 1 unspecified atom stereocenters. The topological polar surface area (TPSA) is 84.9 Å². The number of hydrogen-bond acceptors (Lipinski definition) is 4. The lowest BCUT2D eigenvalue weighted by atomic mass is 10.1. The zero-order valence-electron chi connectivity index (χ0n) is 17.6. The monoisotopic (exact) mass is 392 g/mol. The van der Waals surface area contributed by atoms with Crippen molar-refractivity contribution in [1.29, 1.82) is 0 Å². The number of nitrogens with zero attached hydrogens (tertiary/aromatic N) is 2. The van der Waals surface area contributed by atoms with E-state index in [9.17, 15) is 14.7 Å². The Bertz CT molecular complexity index is 578. The van der Waals surface area contributed by atoms with E-state index in [1.54, 1.807) is 0 Å². The molecule has 0 saturated heterocycles. The Labute approximate surface area is 169 Å². The van der Waals surface area contributed by atoms with E-state index in [1.807, 2.05) is 49.3 Å². The van der Waals surface area contributed by atoms with Crippen molar-refractivity contribution in [1.82, 2.24) is 20.4 Å². The van der Waals surface area contributed by atoms with E-state index in [0.29, 0.717) is 25.4 Å². The normalized spacial score (nSPS) is 12.1. The Balaban J connectivity index is 2.64.